The number of rotatable bonds is 9. The Hall–Kier alpha value is -0.870. The Bertz CT molecular complexity index is 295. The molecule has 0 fully saturated rings. The Morgan fingerprint density at radius 1 is 1.35 bits per heavy atom. The lowest BCUT2D eigenvalue weighted by Gasteiger charge is -2.14. The normalized spacial score (nSPS) is 12.9. The third kappa shape index (κ3) is 5.33. The highest BCUT2D eigenvalue weighted by Gasteiger charge is 2.08. The van der Waals surface area contributed by atoms with Gasteiger partial charge in [0.05, 0.1) is 6.20 Å². The molecule has 0 aliphatic rings. The fraction of sp³-hybridized carbons (Fsp3) is 0.769. The number of hydrogen-bond donors (Lipinski definition) is 2. The van der Waals surface area contributed by atoms with E-state index in [-0.39, 0.29) is 0 Å². The maximum atomic E-state index is 5.60. The quantitative estimate of drug-likeness (QED) is 0.394. The fourth-order valence-electron chi connectivity index (χ4n) is 2.03. The molecule has 1 atom stereocenters. The molecule has 17 heavy (non-hydrogen) atoms. The molecule has 3 N–H and O–H groups in total. The molecule has 1 aromatic rings. The Morgan fingerprint density at radius 3 is 2.76 bits per heavy atom. The summed E-state index contributed by atoms with van der Waals surface area (Å²) in [5, 5.41) is 4.28. The molecule has 1 aromatic heterocycles. The summed E-state index contributed by atoms with van der Waals surface area (Å²) in [5.74, 6) is 5.60. The Labute approximate surface area is 105 Å². The predicted octanol–water partition coefficient (Wildman–Crippen LogP) is 2.25. The molecule has 0 amide bonds. The van der Waals surface area contributed by atoms with E-state index in [9.17, 15) is 0 Å². The number of hydrogen-bond acceptors (Lipinski definition) is 3. The predicted molar refractivity (Wildman–Crippen MR) is 71.5 cm³/mol. The summed E-state index contributed by atoms with van der Waals surface area (Å²) in [6.07, 6.45) is 11.3. The van der Waals surface area contributed by atoms with Gasteiger partial charge in [0.1, 0.15) is 0 Å². The zero-order valence-corrected chi connectivity index (χ0v) is 11.2. The lowest BCUT2D eigenvalue weighted by molar-refractivity contribution is 0.463. The van der Waals surface area contributed by atoms with Crippen LogP contribution in [0.2, 0.25) is 0 Å². The second kappa shape index (κ2) is 8.25. The van der Waals surface area contributed by atoms with Gasteiger partial charge in [-0.3, -0.25) is 16.0 Å². The third-order valence-corrected chi connectivity index (χ3v) is 3.13. The van der Waals surface area contributed by atoms with E-state index in [1.54, 1.807) is 0 Å². The minimum atomic E-state index is 0.376. The maximum Gasteiger partial charge on any atom is 0.0522 e. The second-order valence-corrected chi connectivity index (χ2v) is 4.62. The van der Waals surface area contributed by atoms with Gasteiger partial charge in [-0.05, 0) is 25.3 Å². The SMILES string of the molecule is CCCCCCC(Cc1cnn(CC)c1)NN. The van der Waals surface area contributed by atoms with Gasteiger partial charge in [0.25, 0.3) is 0 Å². The van der Waals surface area contributed by atoms with Crippen molar-refractivity contribution in [2.75, 3.05) is 0 Å². The van der Waals surface area contributed by atoms with Crippen molar-refractivity contribution in [3.63, 3.8) is 0 Å². The number of nitrogens with zero attached hydrogens (tertiary/aromatic N) is 2. The van der Waals surface area contributed by atoms with E-state index in [0.29, 0.717) is 6.04 Å². The Morgan fingerprint density at radius 2 is 2.18 bits per heavy atom. The van der Waals surface area contributed by atoms with Crippen LogP contribution >= 0.6 is 0 Å². The summed E-state index contributed by atoms with van der Waals surface area (Å²) in [7, 11) is 0. The van der Waals surface area contributed by atoms with Crippen molar-refractivity contribution >= 4 is 0 Å². The fourth-order valence-corrected chi connectivity index (χ4v) is 2.03. The Kier molecular flexibility index (Phi) is 6.89. The number of hydrazine groups is 1. The molecule has 1 heterocycles. The van der Waals surface area contributed by atoms with E-state index in [1.807, 2.05) is 10.9 Å². The van der Waals surface area contributed by atoms with E-state index in [0.717, 1.165) is 19.4 Å². The number of aryl methyl sites for hydroxylation is 1. The van der Waals surface area contributed by atoms with E-state index >= 15 is 0 Å². The third-order valence-electron chi connectivity index (χ3n) is 3.13. The molecule has 0 saturated carbocycles. The highest BCUT2D eigenvalue weighted by molar-refractivity contribution is 5.06. The van der Waals surface area contributed by atoms with Gasteiger partial charge in [0, 0.05) is 18.8 Å². The summed E-state index contributed by atoms with van der Waals surface area (Å²) >= 11 is 0. The van der Waals surface area contributed by atoms with Crippen LogP contribution in [0.4, 0.5) is 0 Å². The molecule has 0 spiro atoms. The van der Waals surface area contributed by atoms with Crippen molar-refractivity contribution in [3.05, 3.63) is 18.0 Å². The van der Waals surface area contributed by atoms with Crippen LogP contribution in [0.1, 0.15) is 51.5 Å². The standard InChI is InChI=1S/C13H26N4/c1-3-5-6-7-8-13(16-14)9-12-10-15-17(4-2)11-12/h10-11,13,16H,3-9,14H2,1-2H3. The van der Waals surface area contributed by atoms with Crippen LogP contribution in [-0.2, 0) is 13.0 Å². The Balaban J connectivity index is 2.30. The summed E-state index contributed by atoms with van der Waals surface area (Å²) in [5.41, 5.74) is 4.19. The van der Waals surface area contributed by atoms with Gasteiger partial charge >= 0.3 is 0 Å². The molecule has 0 radical (unpaired) electrons. The van der Waals surface area contributed by atoms with Gasteiger partial charge in [0.2, 0.25) is 0 Å². The molecule has 1 unspecified atom stereocenters. The lowest BCUT2D eigenvalue weighted by Crippen LogP contribution is -2.36. The highest BCUT2D eigenvalue weighted by atomic mass is 15.3. The molecule has 0 saturated heterocycles. The number of aromatic nitrogens is 2. The number of unbranched alkanes of at least 4 members (excludes halogenated alkanes) is 3. The van der Waals surface area contributed by atoms with Crippen LogP contribution in [0.25, 0.3) is 0 Å². The molecular formula is C13H26N4. The molecule has 4 heteroatoms. The van der Waals surface area contributed by atoms with Crippen LogP contribution in [0, 0.1) is 0 Å². The molecule has 1 rings (SSSR count). The molecule has 98 valence electrons. The molecule has 0 aliphatic carbocycles. The van der Waals surface area contributed by atoms with Crippen LogP contribution in [-0.4, -0.2) is 15.8 Å². The van der Waals surface area contributed by atoms with Crippen molar-refractivity contribution in [2.45, 2.75) is 65.0 Å². The summed E-state index contributed by atoms with van der Waals surface area (Å²) in [4.78, 5) is 0. The van der Waals surface area contributed by atoms with Crippen LogP contribution in [0.15, 0.2) is 12.4 Å². The van der Waals surface area contributed by atoms with Gasteiger partial charge in [-0.25, -0.2) is 0 Å². The van der Waals surface area contributed by atoms with Crippen molar-refractivity contribution in [2.24, 2.45) is 5.84 Å². The van der Waals surface area contributed by atoms with Crippen molar-refractivity contribution in [1.82, 2.24) is 15.2 Å². The minimum Gasteiger partial charge on any atom is -0.273 e. The molecule has 0 aromatic carbocycles. The van der Waals surface area contributed by atoms with Crippen molar-refractivity contribution in [1.29, 1.82) is 0 Å². The van der Waals surface area contributed by atoms with Gasteiger partial charge in [-0.2, -0.15) is 5.10 Å². The van der Waals surface area contributed by atoms with Gasteiger partial charge in [0.15, 0.2) is 0 Å². The summed E-state index contributed by atoms with van der Waals surface area (Å²) < 4.78 is 1.96. The summed E-state index contributed by atoms with van der Waals surface area (Å²) in [6.45, 7) is 5.26. The largest absolute Gasteiger partial charge is 0.273 e. The molecular weight excluding hydrogens is 212 g/mol. The first-order valence-corrected chi connectivity index (χ1v) is 6.77. The zero-order chi connectivity index (χ0) is 12.5. The van der Waals surface area contributed by atoms with E-state index in [2.05, 4.69) is 30.6 Å². The second-order valence-electron chi connectivity index (χ2n) is 4.62. The van der Waals surface area contributed by atoms with Crippen LogP contribution in [0.5, 0.6) is 0 Å². The average Bonchev–Trinajstić information content (AvgIpc) is 2.80. The average molecular weight is 238 g/mol. The van der Waals surface area contributed by atoms with Crippen LogP contribution in [0.3, 0.4) is 0 Å². The van der Waals surface area contributed by atoms with Gasteiger partial charge in [-0.15, -0.1) is 0 Å². The first kappa shape index (κ1) is 14.2. The molecule has 4 nitrogen and oxygen atoms in total. The maximum absolute atomic E-state index is 5.60. The van der Waals surface area contributed by atoms with Gasteiger partial charge in [-0.1, -0.05) is 32.6 Å². The van der Waals surface area contributed by atoms with E-state index < -0.39 is 0 Å². The smallest absolute Gasteiger partial charge is 0.0522 e. The van der Waals surface area contributed by atoms with Crippen molar-refractivity contribution < 1.29 is 0 Å². The zero-order valence-electron chi connectivity index (χ0n) is 11.2. The van der Waals surface area contributed by atoms with Crippen molar-refractivity contribution in [3.8, 4) is 0 Å². The number of nitrogens with two attached hydrogens (primary N) is 1. The molecule has 0 aliphatic heterocycles. The van der Waals surface area contributed by atoms with Gasteiger partial charge < -0.3 is 0 Å². The monoisotopic (exact) mass is 238 g/mol. The first-order chi connectivity index (χ1) is 8.30. The first-order valence-electron chi connectivity index (χ1n) is 6.77. The highest BCUT2D eigenvalue weighted by Crippen LogP contribution is 2.10. The summed E-state index contributed by atoms with van der Waals surface area (Å²) in [6, 6.07) is 0.376. The molecule has 0 bridgehead atoms. The number of nitrogens with one attached hydrogen (secondary N) is 1. The lowest BCUT2D eigenvalue weighted by atomic mass is 10.0. The van der Waals surface area contributed by atoms with Crippen LogP contribution < -0.4 is 11.3 Å². The van der Waals surface area contributed by atoms with E-state index in [1.165, 1.54) is 31.2 Å². The van der Waals surface area contributed by atoms with E-state index in [4.69, 9.17) is 5.84 Å². The topological polar surface area (TPSA) is 55.9 Å². The minimum absolute atomic E-state index is 0.376.